The van der Waals surface area contributed by atoms with E-state index in [9.17, 15) is 15.0 Å². The minimum absolute atomic E-state index is 0.0791. The molecule has 1 aliphatic rings. The molecule has 5 nitrogen and oxygen atoms in total. The van der Waals surface area contributed by atoms with Crippen LogP contribution in [0.2, 0.25) is 0 Å². The summed E-state index contributed by atoms with van der Waals surface area (Å²) in [6.45, 7) is 2.15. The van der Waals surface area contributed by atoms with Crippen LogP contribution in [-0.4, -0.2) is 52.9 Å². The van der Waals surface area contributed by atoms with Gasteiger partial charge in [-0.3, -0.25) is 4.79 Å². The van der Waals surface area contributed by atoms with Crippen LogP contribution in [0, 0.1) is 6.92 Å². The van der Waals surface area contributed by atoms with Gasteiger partial charge < -0.3 is 19.8 Å². The van der Waals surface area contributed by atoms with E-state index in [1.54, 1.807) is 6.07 Å². The summed E-state index contributed by atoms with van der Waals surface area (Å²) >= 11 is 0. The Morgan fingerprint density at radius 2 is 1.94 bits per heavy atom. The number of carbonyl (C=O) groups excluding carboxylic acids is 1. The quantitative estimate of drug-likeness (QED) is 0.789. The van der Waals surface area contributed by atoms with Gasteiger partial charge in [-0.05, 0) is 18.6 Å². The SMILES string of the molecule is Cc1ccccc1OCC(=O)N1CC(O)C(O)C1. The first-order chi connectivity index (χ1) is 8.58. The number of aryl methyl sites for hydroxylation is 1. The third-order valence-electron chi connectivity index (χ3n) is 3.06. The van der Waals surface area contributed by atoms with Gasteiger partial charge in [0.2, 0.25) is 0 Å². The Morgan fingerprint density at radius 3 is 2.56 bits per heavy atom. The lowest BCUT2D eigenvalue weighted by atomic mass is 10.2. The molecule has 1 aromatic carbocycles. The average Bonchev–Trinajstić information content (AvgIpc) is 2.68. The van der Waals surface area contributed by atoms with Crippen molar-refractivity contribution >= 4 is 5.91 Å². The van der Waals surface area contributed by atoms with Gasteiger partial charge >= 0.3 is 0 Å². The molecule has 1 aliphatic heterocycles. The van der Waals surface area contributed by atoms with Crippen LogP contribution < -0.4 is 4.74 Å². The van der Waals surface area contributed by atoms with Crippen molar-refractivity contribution in [3.63, 3.8) is 0 Å². The van der Waals surface area contributed by atoms with Crippen LogP contribution in [-0.2, 0) is 4.79 Å². The minimum atomic E-state index is -0.854. The summed E-state index contributed by atoms with van der Waals surface area (Å²) in [5, 5.41) is 18.7. The lowest BCUT2D eigenvalue weighted by Gasteiger charge is -2.16. The number of hydrogen-bond acceptors (Lipinski definition) is 4. The third-order valence-corrected chi connectivity index (χ3v) is 3.06. The molecule has 98 valence electrons. The number of β-amino-alcohol motifs (C(OH)–C–C–N with tert-alkyl or cyclic N) is 2. The van der Waals surface area contributed by atoms with Gasteiger partial charge in [0, 0.05) is 13.1 Å². The number of rotatable bonds is 3. The molecule has 5 heteroatoms. The fourth-order valence-corrected chi connectivity index (χ4v) is 1.92. The predicted octanol–water partition coefficient (Wildman–Crippen LogP) is -0.0622. The molecule has 0 saturated carbocycles. The van der Waals surface area contributed by atoms with Crippen LogP contribution in [0.4, 0.5) is 0 Å². The van der Waals surface area contributed by atoms with Gasteiger partial charge in [-0.25, -0.2) is 0 Å². The van der Waals surface area contributed by atoms with Crippen LogP contribution in [0.1, 0.15) is 5.56 Å². The zero-order valence-corrected chi connectivity index (χ0v) is 10.2. The molecule has 0 spiro atoms. The van der Waals surface area contributed by atoms with E-state index in [-0.39, 0.29) is 25.6 Å². The summed E-state index contributed by atoms with van der Waals surface area (Å²) in [7, 11) is 0. The number of hydrogen-bond donors (Lipinski definition) is 2. The van der Waals surface area contributed by atoms with Crippen molar-refractivity contribution in [3.05, 3.63) is 29.8 Å². The molecule has 0 aliphatic carbocycles. The van der Waals surface area contributed by atoms with Crippen molar-refractivity contribution in [2.24, 2.45) is 0 Å². The molecule has 2 rings (SSSR count). The van der Waals surface area contributed by atoms with Gasteiger partial charge in [0.05, 0.1) is 12.2 Å². The monoisotopic (exact) mass is 251 g/mol. The van der Waals surface area contributed by atoms with E-state index < -0.39 is 12.2 Å². The van der Waals surface area contributed by atoms with Gasteiger partial charge in [-0.15, -0.1) is 0 Å². The summed E-state index contributed by atoms with van der Waals surface area (Å²) in [4.78, 5) is 13.2. The molecule has 1 amide bonds. The Kier molecular flexibility index (Phi) is 3.84. The molecule has 1 saturated heterocycles. The van der Waals surface area contributed by atoms with Crippen LogP contribution in [0.25, 0.3) is 0 Å². The molecule has 0 radical (unpaired) electrons. The van der Waals surface area contributed by atoms with E-state index >= 15 is 0 Å². The van der Waals surface area contributed by atoms with Crippen molar-refractivity contribution in [1.29, 1.82) is 0 Å². The van der Waals surface area contributed by atoms with Crippen LogP contribution >= 0.6 is 0 Å². The van der Waals surface area contributed by atoms with Gasteiger partial charge in [0.25, 0.3) is 5.91 Å². The number of benzene rings is 1. The summed E-state index contributed by atoms with van der Waals surface area (Å²) < 4.78 is 5.43. The van der Waals surface area contributed by atoms with Gasteiger partial charge in [-0.2, -0.15) is 0 Å². The summed E-state index contributed by atoms with van der Waals surface area (Å²) in [6.07, 6.45) is -1.71. The molecule has 2 N–H and O–H groups in total. The molecular weight excluding hydrogens is 234 g/mol. The summed E-state index contributed by atoms with van der Waals surface area (Å²) in [6, 6.07) is 7.45. The number of likely N-dealkylation sites (tertiary alicyclic amines) is 1. The molecule has 2 unspecified atom stereocenters. The predicted molar refractivity (Wildman–Crippen MR) is 65.3 cm³/mol. The van der Waals surface area contributed by atoms with E-state index in [0.717, 1.165) is 5.56 Å². The molecule has 1 aromatic rings. The standard InChI is InChI=1S/C13H17NO4/c1-9-4-2-3-5-12(9)18-8-13(17)14-6-10(15)11(16)7-14/h2-5,10-11,15-16H,6-8H2,1H3. The fraction of sp³-hybridized carbons (Fsp3) is 0.462. The van der Waals surface area contributed by atoms with Crippen molar-refractivity contribution in [3.8, 4) is 5.75 Å². The molecule has 0 bridgehead atoms. The Bertz CT molecular complexity index is 425. The Morgan fingerprint density at radius 1 is 1.33 bits per heavy atom. The second kappa shape index (κ2) is 5.37. The van der Waals surface area contributed by atoms with E-state index in [0.29, 0.717) is 5.75 Å². The number of aliphatic hydroxyl groups excluding tert-OH is 2. The lowest BCUT2D eigenvalue weighted by molar-refractivity contribution is -0.132. The first-order valence-electron chi connectivity index (χ1n) is 5.90. The zero-order valence-electron chi connectivity index (χ0n) is 10.2. The Balaban J connectivity index is 1.88. The highest BCUT2D eigenvalue weighted by atomic mass is 16.5. The van der Waals surface area contributed by atoms with Crippen molar-refractivity contribution in [1.82, 2.24) is 4.90 Å². The second-order valence-electron chi connectivity index (χ2n) is 4.49. The van der Waals surface area contributed by atoms with Crippen LogP contribution in [0.15, 0.2) is 24.3 Å². The zero-order chi connectivity index (χ0) is 13.1. The van der Waals surface area contributed by atoms with E-state index in [1.807, 2.05) is 25.1 Å². The molecule has 0 aromatic heterocycles. The molecule has 1 fully saturated rings. The maximum atomic E-state index is 11.8. The first-order valence-corrected chi connectivity index (χ1v) is 5.90. The second-order valence-corrected chi connectivity index (χ2v) is 4.49. The molecular formula is C13H17NO4. The van der Waals surface area contributed by atoms with Crippen molar-refractivity contribution in [2.45, 2.75) is 19.1 Å². The average molecular weight is 251 g/mol. The molecule has 2 atom stereocenters. The smallest absolute Gasteiger partial charge is 0.260 e. The first kappa shape index (κ1) is 12.9. The molecule has 18 heavy (non-hydrogen) atoms. The summed E-state index contributed by atoms with van der Waals surface area (Å²) in [5.41, 5.74) is 0.965. The highest BCUT2D eigenvalue weighted by Gasteiger charge is 2.32. The number of ether oxygens (including phenoxy) is 1. The molecule has 1 heterocycles. The summed E-state index contributed by atoms with van der Waals surface area (Å²) in [5.74, 6) is 0.444. The maximum absolute atomic E-state index is 11.8. The van der Waals surface area contributed by atoms with Gasteiger partial charge in [-0.1, -0.05) is 18.2 Å². The van der Waals surface area contributed by atoms with Crippen molar-refractivity contribution in [2.75, 3.05) is 19.7 Å². The number of amides is 1. The number of para-hydroxylation sites is 1. The Labute approximate surface area is 106 Å². The number of carbonyl (C=O) groups is 1. The fourth-order valence-electron chi connectivity index (χ4n) is 1.92. The maximum Gasteiger partial charge on any atom is 0.260 e. The number of aliphatic hydroxyl groups is 2. The highest BCUT2D eigenvalue weighted by molar-refractivity contribution is 5.78. The number of nitrogens with zero attached hydrogens (tertiary/aromatic N) is 1. The topological polar surface area (TPSA) is 70.0 Å². The van der Waals surface area contributed by atoms with E-state index in [2.05, 4.69) is 0 Å². The normalized spacial score (nSPS) is 23.2. The Hall–Kier alpha value is -1.59. The third kappa shape index (κ3) is 2.80. The minimum Gasteiger partial charge on any atom is -0.484 e. The van der Waals surface area contributed by atoms with Crippen LogP contribution in [0.3, 0.4) is 0 Å². The van der Waals surface area contributed by atoms with E-state index in [4.69, 9.17) is 4.74 Å². The van der Waals surface area contributed by atoms with Crippen molar-refractivity contribution < 1.29 is 19.7 Å². The van der Waals surface area contributed by atoms with E-state index in [1.165, 1.54) is 4.90 Å². The van der Waals surface area contributed by atoms with Gasteiger partial charge in [0.1, 0.15) is 5.75 Å². The van der Waals surface area contributed by atoms with Gasteiger partial charge in [0.15, 0.2) is 6.61 Å². The largest absolute Gasteiger partial charge is 0.484 e. The van der Waals surface area contributed by atoms with Crippen LogP contribution in [0.5, 0.6) is 5.75 Å². The highest BCUT2D eigenvalue weighted by Crippen LogP contribution is 2.17. The lowest BCUT2D eigenvalue weighted by Crippen LogP contribution is -2.34.